The number of carboxylic acids is 1. The van der Waals surface area contributed by atoms with Crippen LogP contribution in [-0.4, -0.2) is 17.0 Å². The van der Waals surface area contributed by atoms with E-state index < -0.39 is 52.7 Å². The molecule has 2 N–H and O–H groups in total. The zero-order valence-electron chi connectivity index (χ0n) is 9.21. The number of aliphatic carboxylic acids is 1. The van der Waals surface area contributed by atoms with E-state index in [4.69, 9.17) is 5.11 Å². The van der Waals surface area contributed by atoms with Gasteiger partial charge in [0.05, 0.1) is 11.8 Å². The molecule has 2 atom stereocenters. The Morgan fingerprint density at radius 3 is 2.05 bits per heavy atom. The Morgan fingerprint density at radius 1 is 1.11 bits per heavy atom. The summed E-state index contributed by atoms with van der Waals surface area (Å²) in [7, 11) is 0. The summed E-state index contributed by atoms with van der Waals surface area (Å²) in [6.45, 7) is 0. The van der Waals surface area contributed by atoms with Crippen molar-refractivity contribution in [3.05, 3.63) is 29.3 Å². The number of halogens is 4. The first-order valence-corrected chi connectivity index (χ1v) is 5.19. The molecule has 1 saturated carbocycles. The Balaban J connectivity index is 2.21. The molecule has 8 heteroatoms. The van der Waals surface area contributed by atoms with Gasteiger partial charge in [-0.2, -0.15) is 0 Å². The molecule has 1 aromatic rings. The highest BCUT2D eigenvalue weighted by molar-refractivity contribution is 5.98. The van der Waals surface area contributed by atoms with Gasteiger partial charge >= 0.3 is 5.97 Å². The maximum Gasteiger partial charge on any atom is 0.307 e. The number of nitrogens with one attached hydrogen (secondary N) is 1. The van der Waals surface area contributed by atoms with Gasteiger partial charge in [0.15, 0.2) is 23.3 Å². The Morgan fingerprint density at radius 2 is 1.63 bits per heavy atom. The minimum Gasteiger partial charge on any atom is -0.481 e. The molecule has 1 fully saturated rings. The molecule has 0 spiro atoms. The fraction of sp³-hybridized carbons (Fsp3) is 0.273. The molecule has 1 amide bonds. The minimum atomic E-state index is -1.74. The molecule has 1 aliphatic carbocycles. The molecule has 0 aromatic heterocycles. The minimum absolute atomic E-state index is 0.0114. The van der Waals surface area contributed by atoms with Gasteiger partial charge in [-0.1, -0.05) is 0 Å². The predicted octanol–water partition coefficient (Wildman–Crippen LogP) is 1.90. The number of anilines is 1. The first kappa shape index (κ1) is 13.3. The van der Waals surface area contributed by atoms with Crippen molar-refractivity contribution >= 4 is 17.6 Å². The van der Waals surface area contributed by atoms with Gasteiger partial charge < -0.3 is 10.4 Å². The van der Waals surface area contributed by atoms with Crippen molar-refractivity contribution in [1.29, 1.82) is 0 Å². The fourth-order valence-corrected chi connectivity index (χ4v) is 1.66. The number of hydrogen-bond acceptors (Lipinski definition) is 2. The highest BCUT2D eigenvalue weighted by Gasteiger charge is 2.48. The molecular formula is C11H7F4NO3. The van der Waals surface area contributed by atoms with Crippen LogP contribution in [-0.2, 0) is 9.59 Å². The molecule has 0 saturated heterocycles. The van der Waals surface area contributed by atoms with Gasteiger partial charge in [0, 0.05) is 6.07 Å². The molecular weight excluding hydrogens is 270 g/mol. The summed E-state index contributed by atoms with van der Waals surface area (Å²) in [6.07, 6.45) is 0.0161. The Hall–Kier alpha value is -2.12. The molecule has 0 radical (unpaired) electrons. The maximum absolute atomic E-state index is 13.2. The van der Waals surface area contributed by atoms with Crippen LogP contribution >= 0.6 is 0 Å². The lowest BCUT2D eigenvalue weighted by Gasteiger charge is -2.08. The third kappa shape index (κ3) is 2.38. The van der Waals surface area contributed by atoms with E-state index in [1.165, 1.54) is 0 Å². The second-order valence-corrected chi connectivity index (χ2v) is 4.12. The molecule has 1 aliphatic rings. The predicted molar refractivity (Wildman–Crippen MR) is 54.1 cm³/mol. The lowest BCUT2D eigenvalue weighted by molar-refractivity contribution is -0.139. The van der Waals surface area contributed by atoms with E-state index in [0.717, 1.165) is 0 Å². The largest absolute Gasteiger partial charge is 0.481 e. The number of carbonyl (C=O) groups is 2. The van der Waals surface area contributed by atoms with Crippen LogP contribution in [0.25, 0.3) is 0 Å². The van der Waals surface area contributed by atoms with Gasteiger partial charge in [-0.3, -0.25) is 9.59 Å². The van der Waals surface area contributed by atoms with Crippen molar-refractivity contribution in [2.24, 2.45) is 11.8 Å². The average molecular weight is 277 g/mol. The van der Waals surface area contributed by atoms with Crippen LogP contribution in [0.15, 0.2) is 6.07 Å². The van der Waals surface area contributed by atoms with Crippen molar-refractivity contribution in [3.63, 3.8) is 0 Å². The van der Waals surface area contributed by atoms with Crippen LogP contribution in [0.5, 0.6) is 0 Å². The summed E-state index contributed by atoms with van der Waals surface area (Å²) in [6, 6.07) is 0.0114. The molecule has 102 valence electrons. The average Bonchev–Trinajstić information content (AvgIpc) is 3.12. The lowest BCUT2D eigenvalue weighted by atomic mass is 10.2. The van der Waals surface area contributed by atoms with E-state index in [9.17, 15) is 27.2 Å². The van der Waals surface area contributed by atoms with Crippen LogP contribution in [0.4, 0.5) is 23.2 Å². The first-order valence-electron chi connectivity index (χ1n) is 5.19. The van der Waals surface area contributed by atoms with Gasteiger partial charge in [-0.05, 0) is 6.42 Å². The third-order valence-electron chi connectivity index (χ3n) is 2.80. The van der Waals surface area contributed by atoms with Crippen LogP contribution < -0.4 is 5.32 Å². The second-order valence-electron chi connectivity index (χ2n) is 4.12. The van der Waals surface area contributed by atoms with Gasteiger partial charge in [0.1, 0.15) is 5.69 Å². The van der Waals surface area contributed by atoms with Crippen molar-refractivity contribution in [2.45, 2.75) is 6.42 Å². The summed E-state index contributed by atoms with van der Waals surface area (Å²) >= 11 is 0. The lowest BCUT2D eigenvalue weighted by Crippen LogP contribution is -2.19. The van der Waals surface area contributed by atoms with Crippen LogP contribution in [0, 0.1) is 35.1 Å². The molecule has 0 bridgehead atoms. The molecule has 1 aromatic carbocycles. The van der Waals surface area contributed by atoms with E-state index in [1.807, 2.05) is 0 Å². The summed E-state index contributed by atoms with van der Waals surface area (Å²) < 4.78 is 52.2. The standard InChI is InChI=1S/C11H7F4NO3/c12-5-2-6(13)8(15)9(7(5)14)16-10(17)3-1-4(3)11(18)19/h2-4H,1H2,(H,16,17)(H,18,19)/t3-,4+/m1/s1. The van der Waals surface area contributed by atoms with Gasteiger partial charge in [-0.15, -0.1) is 0 Å². The van der Waals surface area contributed by atoms with Crippen LogP contribution in [0.1, 0.15) is 6.42 Å². The number of amides is 1. The summed E-state index contributed by atoms with van der Waals surface area (Å²) in [5.41, 5.74) is -1.25. The van der Waals surface area contributed by atoms with E-state index in [1.54, 1.807) is 5.32 Å². The maximum atomic E-state index is 13.2. The quantitative estimate of drug-likeness (QED) is 0.655. The van der Waals surface area contributed by atoms with Crippen LogP contribution in [0.3, 0.4) is 0 Å². The number of carboxylic acid groups (broad SMARTS) is 1. The van der Waals surface area contributed by atoms with E-state index in [2.05, 4.69) is 0 Å². The van der Waals surface area contributed by atoms with E-state index in [0.29, 0.717) is 0 Å². The van der Waals surface area contributed by atoms with Gasteiger partial charge in [-0.25, -0.2) is 17.6 Å². The van der Waals surface area contributed by atoms with E-state index >= 15 is 0 Å². The Labute approximate surface area is 104 Å². The molecule has 19 heavy (non-hydrogen) atoms. The zero-order valence-corrected chi connectivity index (χ0v) is 9.21. The monoisotopic (exact) mass is 277 g/mol. The highest BCUT2D eigenvalue weighted by Crippen LogP contribution is 2.40. The number of rotatable bonds is 3. The number of hydrogen-bond donors (Lipinski definition) is 2. The highest BCUT2D eigenvalue weighted by atomic mass is 19.2. The normalized spacial score (nSPS) is 21.1. The summed E-state index contributed by atoms with van der Waals surface area (Å²) in [4.78, 5) is 22.0. The van der Waals surface area contributed by atoms with E-state index in [-0.39, 0.29) is 12.5 Å². The fourth-order valence-electron chi connectivity index (χ4n) is 1.66. The SMILES string of the molecule is O=C(O)[C@H]1C[C@H]1C(=O)Nc1c(F)c(F)cc(F)c1F. The topological polar surface area (TPSA) is 66.4 Å². The summed E-state index contributed by atoms with van der Waals surface area (Å²) in [5, 5.41) is 10.3. The number of carbonyl (C=O) groups excluding carboxylic acids is 1. The molecule has 2 rings (SSSR count). The molecule has 0 unspecified atom stereocenters. The second kappa shape index (κ2) is 4.52. The smallest absolute Gasteiger partial charge is 0.307 e. The van der Waals surface area contributed by atoms with Gasteiger partial charge in [0.2, 0.25) is 5.91 Å². The van der Waals surface area contributed by atoms with Crippen molar-refractivity contribution in [2.75, 3.05) is 5.32 Å². The van der Waals surface area contributed by atoms with Crippen molar-refractivity contribution < 1.29 is 32.3 Å². The summed E-state index contributed by atoms with van der Waals surface area (Å²) in [5.74, 6) is -10.9. The molecule has 4 nitrogen and oxygen atoms in total. The van der Waals surface area contributed by atoms with Crippen LogP contribution in [0.2, 0.25) is 0 Å². The van der Waals surface area contributed by atoms with Crippen molar-refractivity contribution in [1.82, 2.24) is 0 Å². The third-order valence-corrected chi connectivity index (χ3v) is 2.80. The molecule has 0 aliphatic heterocycles. The zero-order chi connectivity index (χ0) is 14.3. The number of benzene rings is 1. The van der Waals surface area contributed by atoms with Crippen molar-refractivity contribution in [3.8, 4) is 0 Å². The first-order chi connectivity index (χ1) is 8.82. The Kier molecular flexibility index (Phi) is 3.17. The van der Waals surface area contributed by atoms with Gasteiger partial charge in [0.25, 0.3) is 0 Å². The molecule has 0 heterocycles. The Bertz CT molecular complexity index is 549.